The number of furan rings is 1. The van der Waals surface area contributed by atoms with Crippen LogP contribution in [0.2, 0.25) is 19.6 Å². The molecule has 1 radical (unpaired) electrons. The number of fused-ring (bicyclic) bond motifs is 4. The Morgan fingerprint density at radius 3 is 1.92 bits per heavy atom. The molecule has 0 atom stereocenters. The van der Waals surface area contributed by atoms with Crippen LogP contribution in [0.15, 0.2) is 168 Å². The van der Waals surface area contributed by atoms with Gasteiger partial charge in [0.15, 0.2) is 0 Å². The number of para-hydroxylation sites is 2. The minimum atomic E-state index is -1.23. The Morgan fingerprint density at radius 1 is 0.641 bits per heavy atom. The molecule has 0 fully saturated rings. The minimum Gasteiger partial charge on any atom is -0.501 e. The summed E-state index contributed by atoms with van der Waals surface area (Å²) in [6, 6.07) is 59.3. The molecule has 3 aromatic heterocycles. The van der Waals surface area contributed by atoms with E-state index in [0.29, 0.717) is 16.7 Å². The summed E-state index contributed by atoms with van der Waals surface area (Å²) in [5, 5.41) is 2.96. The molecule has 7 aromatic carbocycles. The number of nitrogens with zero attached hydrogens (tertiary/aromatic N) is 3. The fourth-order valence-electron chi connectivity index (χ4n) is 8.35. The van der Waals surface area contributed by atoms with Gasteiger partial charge in [0.2, 0.25) is 0 Å². The number of rotatable bonds is 8. The fraction of sp³-hybridized carbons (Fsp3) is 0.158. The first-order valence-electron chi connectivity index (χ1n) is 21.7. The molecule has 10 aromatic rings. The summed E-state index contributed by atoms with van der Waals surface area (Å²) < 4.78 is 24.5. The number of halogens is 1. The van der Waals surface area contributed by atoms with Gasteiger partial charge in [0.25, 0.3) is 0 Å². The maximum atomic E-state index is 15.6. The van der Waals surface area contributed by atoms with E-state index in [-0.39, 0.29) is 37.8 Å². The Morgan fingerprint density at radius 2 is 1.30 bits per heavy atom. The monoisotopic (exact) mass is 1030 g/mol. The SMILES string of the molecule is CC(C)c1cc(-c2ccccc2)cc(C(C)C)c1-n1c(-c2[c-]ccc3c2oc2cc(-c4ccccc4)c(F)cc23)nc2ccccc21.C[Si](C)(C)c1ccc(-c2[c-]cccc2)nc1.[Ir]. The number of benzene rings is 7. The van der Waals surface area contributed by atoms with Crippen molar-refractivity contribution in [3.63, 3.8) is 0 Å². The van der Waals surface area contributed by atoms with Crippen molar-refractivity contribution < 1.29 is 28.9 Å². The standard InChI is InChI=1S/C43H34FN2O.C14H16NSi.Ir/c1-26(2)33-22-30(28-14-7-5-8-15-28)23-34(27(3)4)41(33)46-39-21-12-11-20-38(39)45-43(46)32-19-13-18-31-36-24-37(44)35(25-40(36)47-42(31)32)29-16-9-6-10-17-29;1-16(2,3)13-9-10-14(15-11-13)12-7-5-4-6-8-12;/h5-18,20-27H,1-4H3;4-7,9-11H,1-3H3;/q2*-1;. The van der Waals surface area contributed by atoms with Crippen LogP contribution in [0.3, 0.4) is 0 Å². The molecule has 7 heteroatoms. The second kappa shape index (κ2) is 18.5. The van der Waals surface area contributed by atoms with Crippen LogP contribution >= 0.6 is 0 Å². The topological polar surface area (TPSA) is 43.9 Å². The third kappa shape index (κ3) is 8.68. The van der Waals surface area contributed by atoms with Gasteiger partial charge in [0, 0.05) is 42.9 Å². The van der Waals surface area contributed by atoms with Gasteiger partial charge in [0.1, 0.15) is 11.4 Å². The third-order valence-corrected chi connectivity index (χ3v) is 13.8. The van der Waals surface area contributed by atoms with Crippen LogP contribution in [0.25, 0.3) is 83.6 Å². The molecule has 0 aliphatic carbocycles. The molecule has 0 spiro atoms. The average molecular weight is 1030 g/mol. The minimum absolute atomic E-state index is 0. The first kappa shape index (κ1) is 44.4. The van der Waals surface area contributed by atoms with Gasteiger partial charge >= 0.3 is 0 Å². The zero-order valence-electron chi connectivity index (χ0n) is 37.2. The van der Waals surface area contributed by atoms with E-state index in [1.165, 1.54) is 27.4 Å². The average Bonchev–Trinajstić information content (AvgIpc) is 3.87. The molecule has 3 heterocycles. The summed E-state index contributed by atoms with van der Waals surface area (Å²) in [5.74, 6) is 0.946. The summed E-state index contributed by atoms with van der Waals surface area (Å²) in [4.78, 5) is 9.76. The number of hydrogen-bond donors (Lipinski definition) is 0. The molecule has 321 valence electrons. The second-order valence-corrected chi connectivity index (χ2v) is 22.9. The van der Waals surface area contributed by atoms with Crippen LogP contribution in [0.5, 0.6) is 0 Å². The second-order valence-electron chi connectivity index (χ2n) is 17.8. The van der Waals surface area contributed by atoms with Crippen LogP contribution in [0.1, 0.15) is 50.7 Å². The predicted molar refractivity (Wildman–Crippen MR) is 263 cm³/mol. The van der Waals surface area contributed by atoms with Crippen molar-refractivity contribution in [3.05, 3.63) is 193 Å². The van der Waals surface area contributed by atoms with Crippen molar-refractivity contribution in [2.45, 2.75) is 59.2 Å². The first-order chi connectivity index (χ1) is 30.5. The van der Waals surface area contributed by atoms with E-state index >= 15 is 4.39 Å². The van der Waals surface area contributed by atoms with Gasteiger partial charge in [-0.1, -0.05) is 143 Å². The Kier molecular flexibility index (Phi) is 12.8. The Bertz CT molecular complexity index is 3180. The molecule has 4 nitrogen and oxygen atoms in total. The van der Waals surface area contributed by atoms with Crippen molar-refractivity contribution in [3.8, 4) is 50.6 Å². The zero-order chi connectivity index (χ0) is 43.8. The van der Waals surface area contributed by atoms with E-state index in [4.69, 9.17) is 9.40 Å². The maximum Gasteiger partial charge on any atom is 0.131 e. The molecule has 0 unspecified atom stereocenters. The number of hydrogen-bond acceptors (Lipinski definition) is 3. The molecule has 0 aliphatic rings. The van der Waals surface area contributed by atoms with Gasteiger partial charge < -0.3 is 14.0 Å². The van der Waals surface area contributed by atoms with Gasteiger partial charge in [-0.3, -0.25) is 4.98 Å². The van der Waals surface area contributed by atoms with Crippen LogP contribution in [0.4, 0.5) is 4.39 Å². The first-order valence-corrected chi connectivity index (χ1v) is 25.2. The summed E-state index contributed by atoms with van der Waals surface area (Å²) in [5.41, 5.74) is 13.3. The largest absolute Gasteiger partial charge is 0.501 e. The van der Waals surface area contributed by atoms with Gasteiger partial charge in [-0.15, -0.1) is 54.1 Å². The molecular formula is C57H50FIrN3OSi-2. The van der Waals surface area contributed by atoms with E-state index in [9.17, 15) is 0 Å². The Balaban J connectivity index is 0.000000279. The van der Waals surface area contributed by atoms with Crippen LogP contribution in [-0.2, 0) is 20.1 Å². The maximum absolute atomic E-state index is 15.6. The third-order valence-electron chi connectivity index (χ3n) is 11.7. The number of pyridine rings is 1. The molecule has 0 saturated heterocycles. The normalized spacial score (nSPS) is 11.6. The van der Waals surface area contributed by atoms with Crippen molar-refractivity contribution in [1.82, 2.24) is 14.5 Å². The summed E-state index contributed by atoms with van der Waals surface area (Å²) >= 11 is 0. The van der Waals surface area contributed by atoms with E-state index in [1.807, 2.05) is 85.1 Å². The molecular weight excluding hydrogens is 982 g/mol. The Labute approximate surface area is 390 Å². The molecule has 0 amide bonds. The molecule has 64 heavy (non-hydrogen) atoms. The van der Waals surface area contributed by atoms with E-state index < -0.39 is 8.07 Å². The fourth-order valence-corrected chi connectivity index (χ4v) is 9.39. The van der Waals surface area contributed by atoms with Crippen LogP contribution < -0.4 is 5.19 Å². The van der Waals surface area contributed by atoms with Gasteiger partial charge in [-0.05, 0) is 86.9 Å². The van der Waals surface area contributed by atoms with Crippen molar-refractivity contribution in [2.75, 3.05) is 0 Å². The smallest absolute Gasteiger partial charge is 0.131 e. The predicted octanol–water partition coefficient (Wildman–Crippen LogP) is 15.2. The van der Waals surface area contributed by atoms with Crippen LogP contribution in [-0.4, -0.2) is 22.6 Å². The summed E-state index contributed by atoms with van der Waals surface area (Å²) in [7, 11) is -1.23. The molecule has 10 rings (SSSR count). The zero-order valence-corrected chi connectivity index (χ0v) is 40.6. The van der Waals surface area contributed by atoms with Crippen molar-refractivity contribution in [1.29, 1.82) is 0 Å². The quantitative estimate of drug-likeness (QED) is 0.113. The van der Waals surface area contributed by atoms with Crippen molar-refractivity contribution in [2.24, 2.45) is 0 Å². The molecule has 0 bridgehead atoms. The van der Waals surface area contributed by atoms with Gasteiger partial charge in [0.05, 0.1) is 30.5 Å². The molecule has 0 aliphatic heterocycles. The number of aromatic nitrogens is 3. The van der Waals surface area contributed by atoms with Gasteiger partial charge in [-0.2, -0.15) is 0 Å². The van der Waals surface area contributed by atoms with E-state index in [0.717, 1.165) is 55.7 Å². The molecule has 0 saturated carbocycles. The van der Waals surface area contributed by atoms with Gasteiger partial charge in [-0.25, -0.2) is 4.39 Å². The van der Waals surface area contributed by atoms with Crippen molar-refractivity contribution >= 4 is 46.2 Å². The summed E-state index contributed by atoms with van der Waals surface area (Å²) in [6.07, 6.45) is 2.02. The Hall–Kier alpha value is -6.24. The summed E-state index contributed by atoms with van der Waals surface area (Å²) in [6.45, 7) is 16.0. The van der Waals surface area contributed by atoms with E-state index in [1.54, 1.807) is 6.07 Å². The van der Waals surface area contributed by atoms with E-state index in [2.05, 4.69) is 142 Å². The number of imidazole rings is 1. The van der Waals surface area contributed by atoms with Crippen LogP contribution in [0, 0.1) is 17.9 Å². The molecule has 0 N–H and O–H groups in total.